The van der Waals surface area contributed by atoms with Crippen molar-refractivity contribution in [2.75, 3.05) is 30.5 Å². The number of carbonyl (C=O) groups is 1. The average molecular weight is 456 g/mol. The lowest BCUT2D eigenvalue weighted by atomic mass is 10.1. The topological polar surface area (TPSA) is 100 Å². The summed E-state index contributed by atoms with van der Waals surface area (Å²) in [5.74, 6) is 1.38. The van der Waals surface area contributed by atoms with Crippen LogP contribution in [-0.2, 0) is 24.2 Å². The fraction of sp³-hybridized carbons (Fsp3) is 0.409. The van der Waals surface area contributed by atoms with Crippen LogP contribution in [0.2, 0.25) is 5.15 Å². The summed E-state index contributed by atoms with van der Waals surface area (Å²) < 4.78 is 1.87. The number of halogens is 1. The number of aromatic nitrogens is 5. The van der Waals surface area contributed by atoms with Crippen LogP contribution in [0.25, 0.3) is 0 Å². The molecule has 3 aromatic rings. The molecule has 4 heterocycles. The van der Waals surface area contributed by atoms with Crippen molar-refractivity contribution in [2.24, 2.45) is 0 Å². The zero-order valence-electron chi connectivity index (χ0n) is 18.4. The molecule has 1 aliphatic heterocycles. The number of aliphatic hydroxyl groups excluding tert-OH is 1. The van der Waals surface area contributed by atoms with Gasteiger partial charge in [-0.05, 0) is 37.0 Å². The van der Waals surface area contributed by atoms with Gasteiger partial charge in [0.25, 0.3) is 0 Å². The summed E-state index contributed by atoms with van der Waals surface area (Å²) in [6, 6.07) is 3.27. The number of rotatable bonds is 7. The number of carbonyl (C=O) groups excluding carboxylic acids is 1. The number of anilines is 2. The predicted octanol–water partition coefficient (Wildman–Crippen LogP) is 2.03. The number of hydrogen-bond acceptors (Lipinski definition) is 7. The van der Waals surface area contributed by atoms with Gasteiger partial charge in [0, 0.05) is 39.5 Å². The molecule has 0 aromatic carbocycles. The molecule has 1 aliphatic rings. The second kappa shape index (κ2) is 9.22. The Bertz CT molecular complexity index is 1120. The van der Waals surface area contributed by atoms with Crippen molar-refractivity contribution in [2.45, 2.75) is 38.8 Å². The van der Waals surface area contributed by atoms with Crippen molar-refractivity contribution in [3.63, 3.8) is 0 Å². The first-order valence-electron chi connectivity index (χ1n) is 10.5. The number of aryl methyl sites for hydroxylation is 3. The van der Waals surface area contributed by atoms with E-state index < -0.39 is 6.04 Å². The smallest absolute Gasteiger partial charge is 0.249 e. The van der Waals surface area contributed by atoms with Crippen molar-refractivity contribution in [3.05, 3.63) is 58.5 Å². The number of hydrogen-bond donors (Lipinski definition) is 1. The van der Waals surface area contributed by atoms with E-state index in [0.717, 1.165) is 34.7 Å². The monoisotopic (exact) mass is 455 g/mol. The zero-order valence-corrected chi connectivity index (χ0v) is 19.1. The molecule has 9 nitrogen and oxygen atoms in total. The number of fused-ring (bicyclic) bond motifs is 1. The van der Waals surface area contributed by atoms with Gasteiger partial charge in [0.1, 0.15) is 22.7 Å². The van der Waals surface area contributed by atoms with Gasteiger partial charge in [0.2, 0.25) is 5.91 Å². The number of likely N-dealkylation sites (N-methyl/N-ethyl adjacent to an activating group) is 2. The van der Waals surface area contributed by atoms with E-state index in [1.54, 1.807) is 24.2 Å². The number of pyridine rings is 1. The van der Waals surface area contributed by atoms with Crippen LogP contribution in [0.15, 0.2) is 30.7 Å². The third-order valence-corrected chi connectivity index (χ3v) is 5.92. The summed E-state index contributed by atoms with van der Waals surface area (Å²) in [6.45, 7) is 2.46. The van der Waals surface area contributed by atoms with E-state index in [-0.39, 0.29) is 12.5 Å². The molecule has 0 aliphatic carbocycles. The van der Waals surface area contributed by atoms with Gasteiger partial charge in [-0.3, -0.25) is 9.48 Å². The average Bonchev–Trinajstić information content (AvgIpc) is 3.22. The number of aliphatic hydroxyl groups is 1. The second-order valence-corrected chi connectivity index (χ2v) is 8.36. The van der Waals surface area contributed by atoms with E-state index in [9.17, 15) is 9.90 Å². The van der Waals surface area contributed by atoms with Gasteiger partial charge in [0.05, 0.1) is 18.4 Å². The van der Waals surface area contributed by atoms with E-state index in [1.165, 1.54) is 0 Å². The Labute approximate surface area is 191 Å². The summed E-state index contributed by atoms with van der Waals surface area (Å²) in [6.07, 6.45) is 7.36. The summed E-state index contributed by atoms with van der Waals surface area (Å²) in [5, 5.41) is 14.3. The molecule has 0 saturated heterocycles. The lowest BCUT2D eigenvalue weighted by molar-refractivity contribution is -0.120. The van der Waals surface area contributed by atoms with Crippen LogP contribution in [0.4, 0.5) is 11.5 Å². The summed E-state index contributed by atoms with van der Waals surface area (Å²) in [7, 11) is 3.58. The van der Waals surface area contributed by atoms with Crippen LogP contribution >= 0.6 is 11.6 Å². The first kappa shape index (κ1) is 22.2. The van der Waals surface area contributed by atoms with Crippen molar-refractivity contribution < 1.29 is 9.90 Å². The van der Waals surface area contributed by atoms with E-state index >= 15 is 0 Å². The fourth-order valence-corrected chi connectivity index (χ4v) is 4.12. The Morgan fingerprint density at radius 1 is 1.12 bits per heavy atom. The zero-order chi connectivity index (χ0) is 22.8. The standard InChI is InChI=1S/C22H26ClN7O2/c1-14-20-21(28(2)17(8-9-31)22(32)29(20)3)27-19(26-14)7-5-16-11-25-30(13-16)12-15-4-6-18(23)24-10-15/h4,6,10-11,13,17,31H,5,7-9,12H2,1-3H3/t17-/m0/s1. The van der Waals surface area contributed by atoms with E-state index in [0.29, 0.717) is 30.4 Å². The van der Waals surface area contributed by atoms with E-state index in [4.69, 9.17) is 16.6 Å². The lowest BCUT2D eigenvalue weighted by Gasteiger charge is -2.39. The normalized spacial score (nSPS) is 15.9. The van der Waals surface area contributed by atoms with Gasteiger partial charge < -0.3 is 14.9 Å². The summed E-state index contributed by atoms with van der Waals surface area (Å²) >= 11 is 5.84. The first-order chi connectivity index (χ1) is 15.4. The minimum absolute atomic E-state index is 0.0585. The molecule has 10 heteroatoms. The third-order valence-electron chi connectivity index (χ3n) is 5.70. The molecule has 168 valence electrons. The summed E-state index contributed by atoms with van der Waals surface area (Å²) in [5.41, 5.74) is 3.60. The highest BCUT2D eigenvalue weighted by Crippen LogP contribution is 2.35. The van der Waals surface area contributed by atoms with E-state index in [1.807, 2.05) is 42.0 Å². The highest BCUT2D eigenvalue weighted by molar-refractivity contribution is 6.29. The SMILES string of the molecule is Cc1nc(CCc2cnn(Cc3ccc(Cl)nc3)c2)nc2c1N(C)C(=O)[C@H](CCO)N2C. The van der Waals surface area contributed by atoms with Crippen molar-refractivity contribution in [1.29, 1.82) is 0 Å². The number of amides is 1. The maximum atomic E-state index is 12.7. The van der Waals surface area contributed by atoms with Gasteiger partial charge >= 0.3 is 0 Å². The molecular weight excluding hydrogens is 430 g/mol. The van der Waals surface area contributed by atoms with Crippen LogP contribution < -0.4 is 9.80 Å². The molecule has 0 spiro atoms. The predicted molar refractivity (Wildman–Crippen MR) is 122 cm³/mol. The maximum Gasteiger partial charge on any atom is 0.249 e. The largest absolute Gasteiger partial charge is 0.396 e. The van der Waals surface area contributed by atoms with Crippen LogP contribution in [0, 0.1) is 6.92 Å². The highest BCUT2D eigenvalue weighted by atomic mass is 35.5. The maximum absolute atomic E-state index is 12.7. The van der Waals surface area contributed by atoms with Crippen LogP contribution in [-0.4, -0.2) is 62.5 Å². The number of nitrogens with zero attached hydrogens (tertiary/aromatic N) is 7. The molecule has 0 radical (unpaired) electrons. The van der Waals surface area contributed by atoms with Crippen LogP contribution in [0.3, 0.4) is 0 Å². The van der Waals surface area contributed by atoms with Crippen LogP contribution in [0.1, 0.15) is 29.1 Å². The van der Waals surface area contributed by atoms with Gasteiger partial charge in [-0.2, -0.15) is 5.10 Å². The van der Waals surface area contributed by atoms with Crippen molar-refractivity contribution in [3.8, 4) is 0 Å². The lowest BCUT2D eigenvalue weighted by Crippen LogP contribution is -2.52. The molecule has 0 unspecified atom stereocenters. The van der Waals surface area contributed by atoms with Gasteiger partial charge in [-0.15, -0.1) is 0 Å². The minimum atomic E-state index is -0.430. The van der Waals surface area contributed by atoms with Gasteiger partial charge in [-0.25, -0.2) is 15.0 Å². The molecule has 0 saturated carbocycles. The van der Waals surface area contributed by atoms with Crippen molar-refractivity contribution in [1.82, 2.24) is 24.7 Å². The molecule has 1 N–H and O–H groups in total. The molecule has 0 fully saturated rings. The highest BCUT2D eigenvalue weighted by Gasteiger charge is 2.36. The molecule has 3 aromatic heterocycles. The molecule has 1 atom stereocenters. The Morgan fingerprint density at radius 2 is 1.94 bits per heavy atom. The Hall–Kier alpha value is -3.04. The molecule has 0 bridgehead atoms. The van der Waals surface area contributed by atoms with Crippen LogP contribution in [0.5, 0.6) is 0 Å². The Kier molecular flexibility index (Phi) is 6.38. The molecule has 1 amide bonds. The van der Waals surface area contributed by atoms with Crippen molar-refractivity contribution >= 4 is 29.0 Å². The molecular formula is C22H26ClN7O2. The minimum Gasteiger partial charge on any atom is -0.396 e. The van der Waals surface area contributed by atoms with Gasteiger partial charge in [-0.1, -0.05) is 17.7 Å². The second-order valence-electron chi connectivity index (χ2n) is 7.97. The Morgan fingerprint density at radius 3 is 2.66 bits per heavy atom. The third kappa shape index (κ3) is 4.44. The van der Waals surface area contributed by atoms with E-state index in [2.05, 4.69) is 15.1 Å². The quantitative estimate of drug-likeness (QED) is 0.544. The molecule has 4 rings (SSSR count). The summed E-state index contributed by atoms with van der Waals surface area (Å²) in [4.78, 5) is 29.6. The fourth-order valence-electron chi connectivity index (χ4n) is 4.01. The first-order valence-corrected chi connectivity index (χ1v) is 10.9. The molecule has 32 heavy (non-hydrogen) atoms. The Balaban J connectivity index is 1.48. The van der Waals surface area contributed by atoms with Gasteiger partial charge in [0.15, 0.2) is 5.82 Å².